The van der Waals surface area contributed by atoms with E-state index in [0.717, 1.165) is 17.7 Å². The second kappa shape index (κ2) is 8.67. The number of amides is 1. The van der Waals surface area contributed by atoms with E-state index in [-0.39, 0.29) is 18.1 Å². The molecule has 0 radical (unpaired) electrons. The first-order valence-corrected chi connectivity index (χ1v) is 9.40. The van der Waals surface area contributed by atoms with Crippen molar-refractivity contribution in [1.29, 1.82) is 0 Å². The SMILES string of the molecule is CC(C)OCc1ccc(C(=O)N2CCNCC2c2ccccc2Cl)cc1. The van der Waals surface area contributed by atoms with E-state index in [1.54, 1.807) is 0 Å². The monoisotopic (exact) mass is 372 g/mol. The fourth-order valence-corrected chi connectivity index (χ4v) is 3.40. The van der Waals surface area contributed by atoms with Gasteiger partial charge in [0, 0.05) is 30.2 Å². The molecule has 1 aliphatic rings. The molecule has 1 amide bonds. The predicted molar refractivity (Wildman–Crippen MR) is 104 cm³/mol. The van der Waals surface area contributed by atoms with Crippen LogP contribution in [0.4, 0.5) is 0 Å². The van der Waals surface area contributed by atoms with Gasteiger partial charge in [0.25, 0.3) is 5.91 Å². The molecular formula is C21H25ClN2O2. The van der Waals surface area contributed by atoms with E-state index in [4.69, 9.17) is 16.3 Å². The highest BCUT2D eigenvalue weighted by molar-refractivity contribution is 6.31. The van der Waals surface area contributed by atoms with Gasteiger partial charge in [-0.3, -0.25) is 4.79 Å². The topological polar surface area (TPSA) is 41.6 Å². The summed E-state index contributed by atoms with van der Waals surface area (Å²) < 4.78 is 5.61. The molecule has 3 rings (SSSR count). The largest absolute Gasteiger partial charge is 0.374 e. The summed E-state index contributed by atoms with van der Waals surface area (Å²) in [6, 6.07) is 15.4. The smallest absolute Gasteiger partial charge is 0.254 e. The number of ether oxygens (including phenoxy) is 1. The van der Waals surface area contributed by atoms with Crippen molar-refractivity contribution in [1.82, 2.24) is 10.2 Å². The van der Waals surface area contributed by atoms with Gasteiger partial charge in [0.1, 0.15) is 0 Å². The summed E-state index contributed by atoms with van der Waals surface area (Å²) >= 11 is 6.37. The van der Waals surface area contributed by atoms with Crippen molar-refractivity contribution in [3.8, 4) is 0 Å². The number of hydrogen-bond acceptors (Lipinski definition) is 3. The Labute approximate surface area is 160 Å². The fraction of sp³-hybridized carbons (Fsp3) is 0.381. The molecule has 1 saturated heterocycles. The third kappa shape index (κ3) is 4.44. The number of nitrogens with zero attached hydrogens (tertiary/aromatic N) is 1. The maximum absolute atomic E-state index is 13.1. The van der Waals surface area contributed by atoms with Crippen LogP contribution in [-0.4, -0.2) is 36.5 Å². The minimum absolute atomic E-state index is 0.0350. The van der Waals surface area contributed by atoms with Crippen LogP contribution in [0.1, 0.15) is 41.4 Å². The molecule has 1 atom stereocenters. The van der Waals surface area contributed by atoms with Crippen LogP contribution in [0.3, 0.4) is 0 Å². The Hall–Kier alpha value is -1.88. The molecule has 1 aliphatic heterocycles. The van der Waals surface area contributed by atoms with Crippen LogP contribution >= 0.6 is 11.6 Å². The number of piperazine rings is 1. The number of rotatable bonds is 5. The number of halogens is 1. The van der Waals surface area contributed by atoms with Gasteiger partial charge in [0.2, 0.25) is 0 Å². The van der Waals surface area contributed by atoms with E-state index in [9.17, 15) is 4.79 Å². The zero-order valence-corrected chi connectivity index (χ0v) is 16.0. The van der Waals surface area contributed by atoms with E-state index in [1.807, 2.05) is 67.3 Å². The number of carbonyl (C=O) groups excluding carboxylic acids is 1. The first kappa shape index (κ1) is 18.9. The summed E-state index contributed by atoms with van der Waals surface area (Å²) in [5, 5.41) is 4.06. The standard InChI is InChI=1S/C21H25ClN2O2/c1-15(2)26-14-16-7-9-17(10-8-16)21(25)24-12-11-23-13-20(24)18-5-3-4-6-19(18)22/h3-10,15,20,23H,11-14H2,1-2H3. The van der Waals surface area contributed by atoms with Gasteiger partial charge in [0.05, 0.1) is 18.8 Å². The first-order chi connectivity index (χ1) is 12.6. The van der Waals surface area contributed by atoms with Crippen molar-refractivity contribution >= 4 is 17.5 Å². The summed E-state index contributed by atoms with van der Waals surface area (Å²) in [6.07, 6.45) is 0.188. The lowest BCUT2D eigenvalue weighted by atomic mass is 10.0. The Morgan fingerprint density at radius 2 is 1.96 bits per heavy atom. The first-order valence-electron chi connectivity index (χ1n) is 9.03. The Morgan fingerprint density at radius 3 is 2.65 bits per heavy atom. The number of nitrogens with one attached hydrogen (secondary N) is 1. The molecule has 5 heteroatoms. The molecule has 2 aromatic carbocycles. The van der Waals surface area contributed by atoms with Crippen molar-refractivity contribution in [2.75, 3.05) is 19.6 Å². The molecule has 0 aromatic heterocycles. The maximum atomic E-state index is 13.1. The Bertz CT molecular complexity index is 746. The predicted octanol–water partition coefficient (Wildman–Crippen LogP) is 4.05. The molecule has 4 nitrogen and oxygen atoms in total. The molecule has 0 saturated carbocycles. The number of hydrogen-bond donors (Lipinski definition) is 1. The zero-order valence-electron chi connectivity index (χ0n) is 15.2. The van der Waals surface area contributed by atoms with Gasteiger partial charge in [0.15, 0.2) is 0 Å². The maximum Gasteiger partial charge on any atom is 0.254 e. The summed E-state index contributed by atoms with van der Waals surface area (Å²) in [7, 11) is 0. The van der Waals surface area contributed by atoms with Gasteiger partial charge >= 0.3 is 0 Å². The Balaban J connectivity index is 1.77. The van der Waals surface area contributed by atoms with Crippen molar-refractivity contribution in [2.24, 2.45) is 0 Å². The Kier molecular flexibility index (Phi) is 6.30. The molecular weight excluding hydrogens is 348 g/mol. The average Bonchev–Trinajstić information content (AvgIpc) is 2.67. The second-order valence-electron chi connectivity index (χ2n) is 6.80. The van der Waals surface area contributed by atoms with Crippen molar-refractivity contribution in [3.05, 3.63) is 70.2 Å². The van der Waals surface area contributed by atoms with Crippen LogP contribution in [0.5, 0.6) is 0 Å². The van der Waals surface area contributed by atoms with Gasteiger partial charge in [-0.15, -0.1) is 0 Å². The highest BCUT2D eigenvalue weighted by Crippen LogP contribution is 2.29. The molecule has 1 unspecified atom stereocenters. The highest BCUT2D eigenvalue weighted by atomic mass is 35.5. The number of benzene rings is 2. The molecule has 2 aromatic rings. The summed E-state index contributed by atoms with van der Waals surface area (Å²) in [5.74, 6) is 0.0350. The third-order valence-electron chi connectivity index (χ3n) is 4.55. The van der Waals surface area contributed by atoms with Gasteiger partial charge in [-0.25, -0.2) is 0 Å². The van der Waals surface area contributed by atoms with Crippen LogP contribution in [-0.2, 0) is 11.3 Å². The molecule has 1 fully saturated rings. The molecule has 1 N–H and O–H groups in total. The van der Waals surface area contributed by atoms with Crippen molar-refractivity contribution in [3.63, 3.8) is 0 Å². The van der Waals surface area contributed by atoms with E-state index in [1.165, 1.54) is 0 Å². The lowest BCUT2D eigenvalue weighted by Crippen LogP contribution is -2.48. The molecule has 1 heterocycles. The van der Waals surface area contributed by atoms with Crippen LogP contribution < -0.4 is 5.32 Å². The highest BCUT2D eigenvalue weighted by Gasteiger charge is 2.29. The van der Waals surface area contributed by atoms with E-state index in [0.29, 0.717) is 30.3 Å². The lowest BCUT2D eigenvalue weighted by molar-refractivity contribution is 0.0629. The molecule has 138 valence electrons. The van der Waals surface area contributed by atoms with Crippen LogP contribution in [0.2, 0.25) is 5.02 Å². The van der Waals surface area contributed by atoms with E-state index in [2.05, 4.69) is 5.32 Å². The lowest BCUT2D eigenvalue weighted by Gasteiger charge is -2.37. The summed E-state index contributed by atoms with van der Waals surface area (Å²) in [5.41, 5.74) is 2.74. The van der Waals surface area contributed by atoms with E-state index >= 15 is 0 Å². The van der Waals surface area contributed by atoms with Gasteiger partial charge in [-0.2, -0.15) is 0 Å². The Morgan fingerprint density at radius 1 is 1.23 bits per heavy atom. The molecule has 26 heavy (non-hydrogen) atoms. The normalized spacial score (nSPS) is 17.5. The second-order valence-corrected chi connectivity index (χ2v) is 7.20. The molecule has 0 spiro atoms. The molecule has 0 bridgehead atoms. The van der Waals surface area contributed by atoms with Gasteiger partial charge in [-0.1, -0.05) is 41.9 Å². The van der Waals surface area contributed by atoms with Gasteiger partial charge < -0.3 is 15.0 Å². The van der Waals surface area contributed by atoms with Gasteiger partial charge in [-0.05, 0) is 43.2 Å². The fourth-order valence-electron chi connectivity index (χ4n) is 3.14. The third-order valence-corrected chi connectivity index (χ3v) is 4.90. The van der Waals surface area contributed by atoms with Crippen LogP contribution in [0.15, 0.2) is 48.5 Å². The summed E-state index contributed by atoms with van der Waals surface area (Å²) in [6.45, 7) is 6.73. The van der Waals surface area contributed by atoms with Crippen LogP contribution in [0, 0.1) is 0 Å². The van der Waals surface area contributed by atoms with E-state index < -0.39 is 0 Å². The summed E-state index contributed by atoms with van der Waals surface area (Å²) in [4.78, 5) is 15.0. The van der Waals surface area contributed by atoms with Crippen LogP contribution in [0.25, 0.3) is 0 Å². The zero-order chi connectivity index (χ0) is 18.5. The van der Waals surface area contributed by atoms with Crippen molar-refractivity contribution < 1.29 is 9.53 Å². The average molecular weight is 373 g/mol. The minimum atomic E-state index is -0.0612. The quantitative estimate of drug-likeness (QED) is 0.860. The van der Waals surface area contributed by atoms with Crippen molar-refractivity contribution in [2.45, 2.75) is 32.6 Å². The number of carbonyl (C=O) groups is 1. The minimum Gasteiger partial charge on any atom is -0.374 e. The molecule has 0 aliphatic carbocycles.